The molecule has 1 aliphatic heterocycles. The van der Waals surface area contributed by atoms with Crippen LogP contribution >= 0.6 is 0 Å². The summed E-state index contributed by atoms with van der Waals surface area (Å²) < 4.78 is 5.35. The van der Waals surface area contributed by atoms with E-state index in [0.717, 1.165) is 27.8 Å². The third-order valence-corrected chi connectivity index (χ3v) is 6.09. The Hall–Kier alpha value is -3.19. The third kappa shape index (κ3) is 3.25. The lowest BCUT2D eigenvalue weighted by atomic mass is 10.0. The van der Waals surface area contributed by atoms with Crippen LogP contribution in [0.5, 0.6) is 0 Å². The van der Waals surface area contributed by atoms with Gasteiger partial charge in [0.15, 0.2) is 5.58 Å². The van der Waals surface area contributed by atoms with Gasteiger partial charge in [0.25, 0.3) is 11.8 Å². The average molecular weight is 405 g/mol. The number of benzene rings is 2. The molecule has 0 radical (unpaired) electrons. The summed E-state index contributed by atoms with van der Waals surface area (Å²) in [5, 5.41) is 15.0. The third-order valence-electron chi connectivity index (χ3n) is 6.09. The molecule has 2 amide bonds. The Morgan fingerprint density at radius 2 is 1.60 bits per heavy atom. The van der Waals surface area contributed by atoms with E-state index in [0.29, 0.717) is 44.6 Å². The molecular weight excluding hydrogens is 382 g/mol. The van der Waals surface area contributed by atoms with E-state index >= 15 is 0 Å². The quantitative estimate of drug-likeness (QED) is 0.724. The predicted octanol–water partition coefficient (Wildman–Crippen LogP) is 2.61. The van der Waals surface area contributed by atoms with Gasteiger partial charge in [-0.15, -0.1) is 0 Å². The number of carbonyl (C=O) groups is 2. The number of aliphatic hydroxyl groups is 1. The molecule has 154 valence electrons. The minimum Gasteiger partial charge on any atom is -0.380 e. The van der Waals surface area contributed by atoms with Crippen LogP contribution in [0.1, 0.15) is 28.9 Å². The summed E-state index contributed by atoms with van der Waals surface area (Å²) in [6.07, 6.45) is 1.08. The molecule has 0 bridgehead atoms. The summed E-state index contributed by atoms with van der Waals surface area (Å²) in [4.78, 5) is 28.5. The zero-order valence-electron chi connectivity index (χ0n) is 16.8. The second kappa shape index (κ2) is 6.95. The lowest BCUT2D eigenvalue weighted by Gasteiger charge is -2.35. The smallest absolute Gasteiger partial charge is 0.254 e. The van der Waals surface area contributed by atoms with Gasteiger partial charge in [0.2, 0.25) is 0 Å². The first kappa shape index (κ1) is 18.8. The molecule has 1 saturated heterocycles. The number of rotatable bonds is 3. The summed E-state index contributed by atoms with van der Waals surface area (Å²) in [6.45, 7) is 3.78. The highest BCUT2D eigenvalue weighted by molar-refractivity contribution is 5.95. The molecule has 2 fully saturated rings. The van der Waals surface area contributed by atoms with Crippen molar-refractivity contribution in [1.29, 1.82) is 0 Å². The Bertz CT molecular complexity index is 1120. The van der Waals surface area contributed by atoms with Gasteiger partial charge in [0, 0.05) is 37.1 Å². The summed E-state index contributed by atoms with van der Waals surface area (Å²) in [7, 11) is 0. The first-order valence-electron chi connectivity index (χ1n) is 10.2. The Balaban J connectivity index is 1.26. The van der Waals surface area contributed by atoms with E-state index in [9.17, 15) is 14.7 Å². The maximum Gasteiger partial charge on any atom is 0.254 e. The van der Waals surface area contributed by atoms with Gasteiger partial charge in [-0.05, 0) is 55.2 Å². The number of piperazine rings is 1. The first-order chi connectivity index (χ1) is 14.4. The fraction of sp³-hybridized carbons (Fsp3) is 0.348. The van der Waals surface area contributed by atoms with Crippen molar-refractivity contribution in [2.24, 2.45) is 0 Å². The Morgan fingerprint density at radius 1 is 0.967 bits per heavy atom. The number of aryl methyl sites for hydroxylation is 1. The second-order valence-corrected chi connectivity index (χ2v) is 8.17. The van der Waals surface area contributed by atoms with Crippen molar-refractivity contribution < 1.29 is 19.2 Å². The molecule has 7 heteroatoms. The highest BCUT2D eigenvalue weighted by atomic mass is 16.5. The Labute approximate surface area is 173 Å². The predicted molar refractivity (Wildman–Crippen MR) is 111 cm³/mol. The van der Waals surface area contributed by atoms with Gasteiger partial charge in [0.1, 0.15) is 5.60 Å². The van der Waals surface area contributed by atoms with Crippen molar-refractivity contribution in [3.63, 3.8) is 0 Å². The summed E-state index contributed by atoms with van der Waals surface area (Å²) in [5.41, 5.74) is 3.09. The summed E-state index contributed by atoms with van der Waals surface area (Å²) >= 11 is 0. The maximum atomic E-state index is 12.9. The number of aromatic nitrogens is 1. The van der Waals surface area contributed by atoms with Crippen LogP contribution in [0.25, 0.3) is 22.1 Å². The van der Waals surface area contributed by atoms with E-state index in [1.54, 1.807) is 9.80 Å². The number of amides is 2. The van der Waals surface area contributed by atoms with Crippen molar-refractivity contribution in [3.8, 4) is 11.1 Å². The number of nitrogens with zero attached hydrogens (tertiary/aromatic N) is 3. The molecule has 0 spiro atoms. The molecule has 2 aliphatic rings. The molecule has 3 aromatic rings. The van der Waals surface area contributed by atoms with Crippen molar-refractivity contribution in [2.75, 3.05) is 26.2 Å². The molecule has 0 unspecified atom stereocenters. The minimum atomic E-state index is -1.14. The molecule has 0 atom stereocenters. The zero-order valence-corrected chi connectivity index (χ0v) is 16.8. The second-order valence-electron chi connectivity index (χ2n) is 8.17. The van der Waals surface area contributed by atoms with Crippen molar-refractivity contribution in [1.82, 2.24) is 15.0 Å². The van der Waals surface area contributed by atoms with Crippen LogP contribution in [-0.4, -0.2) is 63.7 Å². The van der Waals surface area contributed by atoms with Crippen LogP contribution in [0.2, 0.25) is 0 Å². The van der Waals surface area contributed by atoms with Gasteiger partial charge in [-0.25, -0.2) is 0 Å². The van der Waals surface area contributed by atoms with E-state index < -0.39 is 5.60 Å². The molecule has 1 aliphatic carbocycles. The lowest BCUT2D eigenvalue weighted by Crippen LogP contribution is -2.53. The SMILES string of the molecule is Cc1noc2cc(-c3ccc(C(=O)N4CCN(C(=O)C5(O)CC5)CC4)cc3)ccc12. The Kier molecular flexibility index (Phi) is 4.36. The maximum absolute atomic E-state index is 12.9. The number of hydrogen-bond donors (Lipinski definition) is 1. The van der Waals surface area contributed by atoms with E-state index in [-0.39, 0.29) is 11.8 Å². The van der Waals surface area contributed by atoms with E-state index in [1.807, 2.05) is 49.4 Å². The molecule has 1 N–H and O–H groups in total. The molecular formula is C23H23N3O4. The number of hydrogen-bond acceptors (Lipinski definition) is 5. The minimum absolute atomic E-state index is 0.0416. The largest absolute Gasteiger partial charge is 0.380 e. The van der Waals surface area contributed by atoms with Gasteiger partial charge in [0.05, 0.1) is 5.69 Å². The van der Waals surface area contributed by atoms with Gasteiger partial charge < -0.3 is 19.4 Å². The summed E-state index contributed by atoms with van der Waals surface area (Å²) in [5.74, 6) is -0.238. The van der Waals surface area contributed by atoms with E-state index in [2.05, 4.69) is 5.16 Å². The number of carbonyl (C=O) groups excluding carboxylic acids is 2. The molecule has 1 aromatic heterocycles. The van der Waals surface area contributed by atoms with Crippen LogP contribution in [0.15, 0.2) is 47.0 Å². The van der Waals surface area contributed by atoms with Crippen LogP contribution in [0.3, 0.4) is 0 Å². The van der Waals surface area contributed by atoms with Crippen LogP contribution in [0, 0.1) is 6.92 Å². The highest BCUT2D eigenvalue weighted by Gasteiger charge is 2.50. The molecule has 7 nitrogen and oxygen atoms in total. The van der Waals surface area contributed by atoms with Crippen molar-refractivity contribution >= 4 is 22.8 Å². The van der Waals surface area contributed by atoms with Gasteiger partial charge in [-0.2, -0.15) is 0 Å². The van der Waals surface area contributed by atoms with E-state index in [4.69, 9.17) is 4.52 Å². The monoisotopic (exact) mass is 405 g/mol. The average Bonchev–Trinajstić information content (AvgIpc) is 3.44. The molecule has 5 rings (SSSR count). The zero-order chi connectivity index (χ0) is 20.9. The van der Waals surface area contributed by atoms with Crippen molar-refractivity contribution in [3.05, 3.63) is 53.7 Å². The van der Waals surface area contributed by atoms with Crippen LogP contribution in [0.4, 0.5) is 0 Å². The topological polar surface area (TPSA) is 86.9 Å². The summed E-state index contributed by atoms with van der Waals surface area (Å²) in [6, 6.07) is 13.5. The molecule has 30 heavy (non-hydrogen) atoms. The van der Waals surface area contributed by atoms with Crippen molar-refractivity contribution in [2.45, 2.75) is 25.4 Å². The molecule has 2 aromatic carbocycles. The fourth-order valence-corrected chi connectivity index (χ4v) is 3.97. The number of fused-ring (bicyclic) bond motifs is 1. The van der Waals surface area contributed by atoms with Gasteiger partial charge in [-0.1, -0.05) is 23.4 Å². The van der Waals surface area contributed by atoms with Gasteiger partial charge >= 0.3 is 0 Å². The van der Waals surface area contributed by atoms with Crippen LogP contribution < -0.4 is 0 Å². The lowest BCUT2D eigenvalue weighted by molar-refractivity contribution is -0.143. The Morgan fingerprint density at radius 3 is 2.27 bits per heavy atom. The van der Waals surface area contributed by atoms with Gasteiger partial charge in [-0.3, -0.25) is 9.59 Å². The highest BCUT2D eigenvalue weighted by Crippen LogP contribution is 2.37. The normalized spacial score (nSPS) is 17.9. The first-order valence-corrected chi connectivity index (χ1v) is 10.2. The van der Waals surface area contributed by atoms with E-state index in [1.165, 1.54) is 0 Å². The standard InChI is InChI=1S/C23H23N3O4/c1-15-19-7-6-18(14-20(19)30-24-15)16-2-4-17(5-3-16)21(27)25-10-12-26(13-11-25)22(28)23(29)8-9-23/h2-7,14,29H,8-13H2,1H3. The fourth-order valence-electron chi connectivity index (χ4n) is 3.97. The van der Waals surface area contributed by atoms with Crippen LogP contribution in [-0.2, 0) is 4.79 Å². The molecule has 2 heterocycles. The molecule has 1 saturated carbocycles.